The number of fused-ring (bicyclic) bond motifs is 1. The summed E-state index contributed by atoms with van der Waals surface area (Å²) in [5.41, 5.74) is 5.67. The van der Waals surface area contributed by atoms with Crippen LogP contribution in [0.2, 0.25) is 0 Å². The number of aryl methyl sites for hydroxylation is 1. The van der Waals surface area contributed by atoms with Gasteiger partial charge >= 0.3 is 0 Å². The molecule has 0 unspecified atom stereocenters. The second kappa shape index (κ2) is 8.45. The van der Waals surface area contributed by atoms with Crippen molar-refractivity contribution in [2.75, 3.05) is 5.32 Å². The van der Waals surface area contributed by atoms with Crippen molar-refractivity contribution in [1.82, 2.24) is 0 Å². The van der Waals surface area contributed by atoms with E-state index < -0.39 is 0 Å². The molecule has 0 saturated heterocycles. The van der Waals surface area contributed by atoms with Crippen LogP contribution < -0.4 is 5.32 Å². The van der Waals surface area contributed by atoms with Crippen LogP contribution in [0.15, 0.2) is 77.7 Å². The Kier molecular flexibility index (Phi) is 5.59. The predicted octanol–water partition coefficient (Wildman–Crippen LogP) is 6.11. The fraction of sp³-hybridized carbons (Fsp3) is 0.208. The second-order valence-corrected chi connectivity index (χ2v) is 7.89. The van der Waals surface area contributed by atoms with Crippen molar-refractivity contribution in [2.45, 2.75) is 36.3 Å². The summed E-state index contributed by atoms with van der Waals surface area (Å²) in [5.74, 6) is 0.830. The zero-order chi connectivity index (χ0) is 18.5. The Morgan fingerprint density at radius 2 is 1.63 bits per heavy atom. The lowest BCUT2D eigenvalue weighted by Gasteiger charge is -2.20. The minimum absolute atomic E-state index is 0.0230. The van der Waals surface area contributed by atoms with E-state index in [0.717, 1.165) is 34.7 Å². The van der Waals surface area contributed by atoms with Gasteiger partial charge in [-0.3, -0.25) is 4.79 Å². The molecule has 1 amide bonds. The maximum atomic E-state index is 13.0. The highest BCUT2D eigenvalue weighted by Gasteiger charge is 2.17. The first-order chi connectivity index (χ1) is 13.3. The smallest absolute Gasteiger partial charge is 0.256 e. The first kappa shape index (κ1) is 17.9. The molecule has 0 bridgehead atoms. The standard InChI is InChI=1S/C24H23NOS/c26-24(25-22-15-8-12-19-11-4-5-13-20(19)22)21-14-6-7-16-23(21)27-17-18-9-2-1-3-10-18/h1-3,6-10,12,14-16H,4-5,11,13,17H2,(H,25,26). The van der Waals surface area contributed by atoms with Gasteiger partial charge < -0.3 is 5.32 Å². The van der Waals surface area contributed by atoms with Gasteiger partial charge in [-0.15, -0.1) is 11.8 Å². The number of carbonyl (C=O) groups excluding carboxylic acids is 1. The number of carbonyl (C=O) groups is 1. The van der Waals surface area contributed by atoms with E-state index in [4.69, 9.17) is 0 Å². The van der Waals surface area contributed by atoms with Gasteiger partial charge in [-0.05, 0) is 60.6 Å². The number of anilines is 1. The van der Waals surface area contributed by atoms with E-state index in [0.29, 0.717) is 0 Å². The van der Waals surface area contributed by atoms with E-state index >= 15 is 0 Å². The van der Waals surface area contributed by atoms with Crippen molar-refractivity contribution < 1.29 is 4.79 Å². The van der Waals surface area contributed by atoms with Crippen LogP contribution in [0.5, 0.6) is 0 Å². The summed E-state index contributed by atoms with van der Waals surface area (Å²) in [6.07, 6.45) is 4.60. The fourth-order valence-electron chi connectivity index (χ4n) is 3.60. The van der Waals surface area contributed by atoms with Crippen molar-refractivity contribution in [3.8, 4) is 0 Å². The summed E-state index contributed by atoms with van der Waals surface area (Å²) in [6.45, 7) is 0. The topological polar surface area (TPSA) is 29.1 Å². The monoisotopic (exact) mass is 373 g/mol. The van der Waals surface area contributed by atoms with Crippen LogP contribution in [0.1, 0.15) is 39.9 Å². The lowest BCUT2D eigenvalue weighted by molar-refractivity contribution is 0.102. The second-order valence-electron chi connectivity index (χ2n) is 6.87. The molecule has 4 rings (SSSR count). The molecule has 0 heterocycles. The van der Waals surface area contributed by atoms with E-state index in [9.17, 15) is 4.79 Å². The van der Waals surface area contributed by atoms with Crippen molar-refractivity contribution >= 4 is 23.4 Å². The fourth-order valence-corrected chi connectivity index (χ4v) is 4.61. The Morgan fingerprint density at radius 1 is 0.852 bits per heavy atom. The van der Waals surface area contributed by atoms with E-state index in [1.54, 1.807) is 11.8 Å². The molecule has 3 aromatic carbocycles. The first-order valence-corrected chi connectivity index (χ1v) is 10.5. The third-order valence-electron chi connectivity index (χ3n) is 5.01. The molecule has 3 aromatic rings. The average molecular weight is 374 g/mol. The van der Waals surface area contributed by atoms with E-state index in [2.05, 4.69) is 29.6 Å². The molecule has 0 aromatic heterocycles. The molecule has 0 atom stereocenters. The summed E-state index contributed by atoms with van der Waals surface area (Å²) < 4.78 is 0. The van der Waals surface area contributed by atoms with E-state index in [-0.39, 0.29) is 5.91 Å². The normalized spacial score (nSPS) is 13.0. The summed E-state index contributed by atoms with van der Waals surface area (Å²) in [5, 5.41) is 3.17. The average Bonchev–Trinajstić information content (AvgIpc) is 2.73. The van der Waals surface area contributed by atoms with Crippen molar-refractivity contribution in [1.29, 1.82) is 0 Å². The molecule has 1 aliphatic carbocycles. The van der Waals surface area contributed by atoms with Gasteiger partial charge in [0.25, 0.3) is 5.91 Å². The number of benzene rings is 3. The van der Waals surface area contributed by atoms with Crippen LogP contribution in [-0.4, -0.2) is 5.91 Å². The highest BCUT2D eigenvalue weighted by Crippen LogP contribution is 2.30. The Labute approximate surface area is 165 Å². The third kappa shape index (κ3) is 4.25. The number of hydrogen-bond acceptors (Lipinski definition) is 2. The zero-order valence-corrected chi connectivity index (χ0v) is 16.1. The summed E-state index contributed by atoms with van der Waals surface area (Å²) in [6, 6.07) is 24.5. The first-order valence-electron chi connectivity index (χ1n) is 9.49. The molecule has 0 saturated carbocycles. The Morgan fingerprint density at radius 3 is 2.52 bits per heavy atom. The molecule has 27 heavy (non-hydrogen) atoms. The minimum Gasteiger partial charge on any atom is -0.322 e. The van der Waals surface area contributed by atoms with Gasteiger partial charge in [0.2, 0.25) is 0 Å². The van der Waals surface area contributed by atoms with Crippen LogP contribution in [0.25, 0.3) is 0 Å². The molecule has 3 heteroatoms. The van der Waals surface area contributed by atoms with Gasteiger partial charge in [-0.2, -0.15) is 0 Å². The molecule has 0 fully saturated rings. The minimum atomic E-state index is -0.0230. The molecule has 0 spiro atoms. The maximum Gasteiger partial charge on any atom is 0.256 e. The molecule has 136 valence electrons. The SMILES string of the molecule is O=C(Nc1cccc2c1CCCC2)c1ccccc1SCc1ccccc1. The Balaban J connectivity index is 1.53. The van der Waals surface area contributed by atoms with Gasteiger partial charge in [-0.1, -0.05) is 54.6 Å². The lowest BCUT2D eigenvalue weighted by atomic mass is 9.90. The lowest BCUT2D eigenvalue weighted by Crippen LogP contribution is -2.16. The summed E-state index contributed by atoms with van der Waals surface area (Å²) >= 11 is 1.71. The van der Waals surface area contributed by atoms with Crippen molar-refractivity contribution in [3.05, 3.63) is 95.1 Å². The molecule has 1 N–H and O–H groups in total. The van der Waals surface area contributed by atoms with Crippen LogP contribution in [0, 0.1) is 0 Å². The number of hydrogen-bond donors (Lipinski definition) is 1. The van der Waals surface area contributed by atoms with E-state index in [1.165, 1.54) is 29.5 Å². The number of thioether (sulfide) groups is 1. The molecule has 1 aliphatic rings. The number of nitrogens with one attached hydrogen (secondary N) is 1. The van der Waals surface area contributed by atoms with Crippen molar-refractivity contribution in [2.24, 2.45) is 0 Å². The van der Waals surface area contributed by atoms with Crippen molar-refractivity contribution in [3.63, 3.8) is 0 Å². The van der Waals surface area contributed by atoms with Gasteiger partial charge in [0.05, 0.1) is 5.56 Å². The predicted molar refractivity (Wildman–Crippen MR) is 113 cm³/mol. The Hall–Kier alpha value is -2.52. The molecular weight excluding hydrogens is 350 g/mol. The van der Waals surface area contributed by atoms with Crippen LogP contribution >= 0.6 is 11.8 Å². The summed E-state index contributed by atoms with van der Waals surface area (Å²) in [4.78, 5) is 14.0. The van der Waals surface area contributed by atoms with E-state index in [1.807, 2.05) is 48.5 Å². The van der Waals surface area contributed by atoms with Crippen LogP contribution in [-0.2, 0) is 18.6 Å². The molecule has 2 nitrogen and oxygen atoms in total. The molecular formula is C24H23NOS. The quantitative estimate of drug-likeness (QED) is 0.547. The third-order valence-corrected chi connectivity index (χ3v) is 6.16. The Bertz CT molecular complexity index is 936. The molecule has 0 radical (unpaired) electrons. The van der Waals surface area contributed by atoms with Gasteiger partial charge in [0.1, 0.15) is 0 Å². The summed E-state index contributed by atoms with van der Waals surface area (Å²) in [7, 11) is 0. The van der Waals surface area contributed by atoms with Gasteiger partial charge in [0, 0.05) is 16.3 Å². The highest BCUT2D eigenvalue weighted by molar-refractivity contribution is 7.98. The largest absolute Gasteiger partial charge is 0.322 e. The van der Waals surface area contributed by atoms with Crippen LogP contribution in [0.4, 0.5) is 5.69 Å². The number of amides is 1. The van der Waals surface area contributed by atoms with Gasteiger partial charge in [-0.25, -0.2) is 0 Å². The highest BCUT2D eigenvalue weighted by atomic mass is 32.2. The number of rotatable bonds is 5. The maximum absolute atomic E-state index is 13.0. The zero-order valence-electron chi connectivity index (χ0n) is 15.3. The van der Waals surface area contributed by atoms with Gasteiger partial charge in [0.15, 0.2) is 0 Å². The van der Waals surface area contributed by atoms with Crippen LogP contribution in [0.3, 0.4) is 0 Å². The molecule has 0 aliphatic heterocycles.